The van der Waals surface area contributed by atoms with Crippen LogP contribution in [0.5, 0.6) is 0 Å². The van der Waals surface area contributed by atoms with Crippen LogP contribution in [0.1, 0.15) is 12.0 Å². The first kappa shape index (κ1) is 14.3. The molecule has 0 bridgehead atoms. The van der Waals surface area contributed by atoms with Gasteiger partial charge in [0.05, 0.1) is 10.7 Å². The molecule has 0 saturated heterocycles. The first-order valence-electron chi connectivity index (χ1n) is 6.22. The summed E-state index contributed by atoms with van der Waals surface area (Å²) < 4.78 is 0. The van der Waals surface area contributed by atoms with Gasteiger partial charge in [0.2, 0.25) is 11.9 Å². The van der Waals surface area contributed by atoms with Gasteiger partial charge in [-0.1, -0.05) is 17.7 Å². The highest BCUT2D eigenvalue weighted by Crippen LogP contribution is 2.22. The lowest BCUT2D eigenvalue weighted by molar-refractivity contribution is -0.115. The van der Waals surface area contributed by atoms with Crippen molar-refractivity contribution in [2.75, 3.05) is 17.2 Å². The molecule has 2 N–H and O–H groups in total. The smallest absolute Gasteiger partial charge is 0.226 e. The van der Waals surface area contributed by atoms with Crippen molar-refractivity contribution in [2.45, 2.75) is 13.3 Å². The highest BCUT2D eigenvalue weighted by atomic mass is 35.5. The summed E-state index contributed by atoms with van der Waals surface area (Å²) in [6.07, 6.45) is 3.59. The Balaban J connectivity index is 1.81. The topological polar surface area (TPSA) is 66.9 Å². The molecule has 0 saturated carbocycles. The Morgan fingerprint density at radius 3 is 2.75 bits per heavy atom. The van der Waals surface area contributed by atoms with Gasteiger partial charge in [0.25, 0.3) is 0 Å². The molecule has 1 heterocycles. The highest BCUT2D eigenvalue weighted by molar-refractivity contribution is 6.33. The lowest BCUT2D eigenvalue weighted by atomic mass is 10.2. The van der Waals surface area contributed by atoms with Crippen LogP contribution in [0.2, 0.25) is 5.02 Å². The third kappa shape index (κ3) is 4.20. The standard InChI is InChI=1S/C14H15ClN4O/c1-10-3-4-12(11(15)9-10)19-13(20)5-8-18-14-16-6-2-7-17-14/h2-4,6-7,9H,5,8H2,1H3,(H,19,20)(H,16,17,18). The van der Waals surface area contributed by atoms with Gasteiger partial charge in [0.15, 0.2) is 0 Å². The van der Waals surface area contributed by atoms with Crippen molar-refractivity contribution in [1.82, 2.24) is 9.97 Å². The molecule has 5 nitrogen and oxygen atoms in total. The van der Waals surface area contributed by atoms with Crippen LogP contribution in [0.25, 0.3) is 0 Å². The summed E-state index contributed by atoms with van der Waals surface area (Å²) in [5.74, 6) is 0.396. The summed E-state index contributed by atoms with van der Waals surface area (Å²) in [5.41, 5.74) is 1.68. The summed E-state index contributed by atoms with van der Waals surface area (Å²) in [6.45, 7) is 2.40. The zero-order chi connectivity index (χ0) is 14.4. The van der Waals surface area contributed by atoms with Gasteiger partial charge in [0.1, 0.15) is 0 Å². The Hall–Kier alpha value is -2.14. The van der Waals surface area contributed by atoms with E-state index in [4.69, 9.17) is 11.6 Å². The Bertz CT molecular complexity index is 589. The lowest BCUT2D eigenvalue weighted by Crippen LogP contribution is -2.17. The maximum absolute atomic E-state index is 11.8. The molecule has 2 rings (SSSR count). The van der Waals surface area contributed by atoms with Crippen molar-refractivity contribution < 1.29 is 4.79 Å². The van der Waals surface area contributed by atoms with Gasteiger partial charge in [-0.3, -0.25) is 4.79 Å². The number of anilines is 2. The van der Waals surface area contributed by atoms with E-state index in [-0.39, 0.29) is 5.91 Å². The van der Waals surface area contributed by atoms with E-state index in [1.54, 1.807) is 24.5 Å². The zero-order valence-electron chi connectivity index (χ0n) is 11.1. The third-order valence-electron chi connectivity index (χ3n) is 2.60. The van der Waals surface area contributed by atoms with Gasteiger partial charge in [-0.05, 0) is 30.7 Å². The van der Waals surface area contributed by atoms with Crippen LogP contribution in [0.15, 0.2) is 36.7 Å². The van der Waals surface area contributed by atoms with E-state index in [9.17, 15) is 4.79 Å². The number of hydrogen-bond acceptors (Lipinski definition) is 4. The van der Waals surface area contributed by atoms with Crippen molar-refractivity contribution in [3.63, 3.8) is 0 Å². The Labute approximate surface area is 122 Å². The summed E-state index contributed by atoms with van der Waals surface area (Å²) in [7, 11) is 0. The van der Waals surface area contributed by atoms with Gasteiger partial charge in [-0.2, -0.15) is 0 Å². The van der Waals surface area contributed by atoms with Gasteiger partial charge >= 0.3 is 0 Å². The number of benzene rings is 1. The number of nitrogens with zero attached hydrogens (tertiary/aromatic N) is 2. The molecule has 0 unspecified atom stereocenters. The predicted octanol–water partition coefficient (Wildman–Crippen LogP) is 2.88. The van der Waals surface area contributed by atoms with E-state index in [1.165, 1.54) is 0 Å². The fourth-order valence-corrected chi connectivity index (χ4v) is 1.89. The molecular weight excluding hydrogens is 276 g/mol. The van der Waals surface area contributed by atoms with E-state index in [0.29, 0.717) is 29.6 Å². The van der Waals surface area contributed by atoms with Crippen molar-refractivity contribution >= 4 is 29.1 Å². The molecule has 6 heteroatoms. The Morgan fingerprint density at radius 2 is 2.05 bits per heavy atom. The minimum Gasteiger partial charge on any atom is -0.354 e. The molecule has 0 aliphatic rings. The second-order valence-electron chi connectivity index (χ2n) is 4.28. The fraction of sp³-hybridized carbons (Fsp3) is 0.214. The largest absolute Gasteiger partial charge is 0.354 e. The van der Waals surface area contributed by atoms with Crippen molar-refractivity contribution in [2.24, 2.45) is 0 Å². The van der Waals surface area contributed by atoms with Gasteiger partial charge in [-0.15, -0.1) is 0 Å². The second-order valence-corrected chi connectivity index (χ2v) is 4.69. The van der Waals surface area contributed by atoms with Crippen molar-refractivity contribution in [3.05, 3.63) is 47.2 Å². The molecule has 0 spiro atoms. The van der Waals surface area contributed by atoms with Crippen LogP contribution >= 0.6 is 11.6 Å². The monoisotopic (exact) mass is 290 g/mol. The quantitative estimate of drug-likeness (QED) is 0.888. The first-order chi connectivity index (χ1) is 9.65. The molecule has 20 heavy (non-hydrogen) atoms. The number of hydrogen-bond donors (Lipinski definition) is 2. The maximum Gasteiger partial charge on any atom is 0.226 e. The maximum atomic E-state index is 11.8. The predicted molar refractivity (Wildman–Crippen MR) is 80.0 cm³/mol. The number of nitrogens with one attached hydrogen (secondary N) is 2. The molecule has 1 aromatic carbocycles. The molecule has 0 atom stereocenters. The second kappa shape index (κ2) is 6.86. The minimum absolute atomic E-state index is 0.112. The number of aryl methyl sites for hydroxylation is 1. The molecule has 1 aromatic heterocycles. The van der Waals surface area contributed by atoms with Crippen LogP contribution in [-0.2, 0) is 4.79 Å². The molecule has 0 aliphatic heterocycles. The summed E-state index contributed by atoms with van der Waals surface area (Å²) in [6, 6.07) is 7.24. The summed E-state index contributed by atoms with van der Waals surface area (Å²) in [5, 5.41) is 6.28. The number of carbonyl (C=O) groups excluding carboxylic acids is 1. The number of carbonyl (C=O) groups is 1. The summed E-state index contributed by atoms with van der Waals surface area (Å²) in [4.78, 5) is 19.8. The highest BCUT2D eigenvalue weighted by Gasteiger charge is 2.06. The third-order valence-corrected chi connectivity index (χ3v) is 2.91. The van der Waals surface area contributed by atoms with Gasteiger partial charge < -0.3 is 10.6 Å². The summed E-state index contributed by atoms with van der Waals surface area (Å²) >= 11 is 6.05. The molecule has 2 aromatic rings. The van der Waals surface area contributed by atoms with Crippen molar-refractivity contribution in [3.8, 4) is 0 Å². The fourth-order valence-electron chi connectivity index (χ4n) is 1.61. The van der Waals surface area contributed by atoms with E-state index >= 15 is 0 Å². The van der Waals surface area contributed by atoms with Crippen LogP contribution in [-0.4, -0.2) is 22.4 Å². The van der Waals surface area contributed by atoms with E-state index < -0.39 is 0 Å². The SMILES string of the molecule is Cc1ccc(NC(=O)CCNc2ncccn2)c(Cl)c1. The van der Waals surface area contributed by atoms with E-state index in [0.717, 1.165) is 5.56 Å². The first-order valence-corrected chi connectivity index (χ1v) is 6.60. The Morgan fingerprint density at radius 1 is 1.30 bits per heavy atom. The van der Waals surface area contributed by atoms with E-state index in [2.05, 4.69) is 20.6 Å². The normalized spacial score (nSPS) is 10.1. The zero-order valence-corrected chi connectivity index (χ0v) is 11.8. The minimum atomic E-state index is -0.112. The number of halogens is 1. The molecule has 104 valence electrons. The van der Waals surface area contributed by atoms with Crippen molar-refractivity contribution in [1.29, 1.82) is 0 Å². The molecule has 1 amide bonds. The molecule has 0 radical (unpaired) electrons. The lowest BCUT2D eigenvalue weighted by Gasteiger charge is -2.08. The van der Waals surface area contributed by atoms with Crippen LogP contribution < -0.4 is 10.6 Å². The van der Waals surface area contributed by atoms with Crippen LogP contribution in [0, 0.1) is 6.92 Å². The molecular formula is C14H15ClN4O. The average Bonchev–Trinajstić information content (AvgIpc) is 2.43. The number of rotatable bonds is 5. The number of aromatic nitrogens is 2. The Kier molecular flexibility index (Phi) is 4.90. The molecule has 0 aliphatic carbocycles. The van der Waals surface area contributed by atoms with Gasteiger partial charge in [0, 0.05) is 25.4 Å². The number of amides is 1. The van der Waals surface area contributed by atoms with E-state index in [1.807, 2.05) is 19.1 Å². The average molecular weight is 291 g/mol. The van der Waals surface area contributed by atoms with Gasteiger partial charge in [-0.25, -0.2) is 9.97 Å². The van der Waals surface area contributed by atoms with Crippen LogP contribution in [0.4, 0.5) is 11.6 Å². The molecule has 0 fully saturated rings. The van der Waals surface area contributed by atoms with Crippen LogP contribution in [0.3, 0.4) is 0 Å².